The maximum absolute atomic E-state index is 5.32. The molecule has 0 amide bonds. The number of hydrogen-bond acceptors (Lipinski definition) is 4. The number of benzene rings is 5. The molecule has 0 atom stereocenters. The summed E-state index contributed by atoms with van der Waals surface area (Å²) in [4.78, 5) is 11.4. The Morgan fingerprint density at radius 2 is 1.18 bits per heavy atom. The summed E-state index contributed by atoms with van der Waals surface area (Å²) in [7, 11) is 0. The molecule has 5 aromatic carbocycles. The molecular weight excluding hydrogens is 515 g/mol. The first-order valence-electron chi connectivity index (χ1n) is 12.9. The van der Waals surface area contributed by atoms with Gasteiger partial charge in [0.2, 0.25) is 0 Å². The largest absolute Gasteiger partial charge is 0.293 e. The normalized spacial score (nSPS) is 12.1. The Labute approximate surface area is 231 Å². The first-order valence-corrected chi connectivity index (χ1v) is 14.6. The molecule has 0 saturated heterocycles. The fourth-order valence-corrected chi connectivity index (χ4v) is 8.09. The summed E-state index contributed by atoms with van der Waals surface area (Å²) in [6.07, 6.45) is 0. The van der Waals surface area contributed by atoms with Crippen LogP contribution in [-0.2, 0) is 0 Å². The molecule has 0 N–H and O–H groups in total. The average molecular weight is 534 g/mol. The maximum Gasteiger partial charge on any atom is 0.163 e. The molecule has 0 aliphatic heterocycles. The zero-order valence-corrected chi connectivity index (χ0v) is 22.3. The van der Waals surface area contributed by atoms with Crippen molar-refractivity contribution in [3.63, 3.8) is 0 Å². The van der Waals surface area contributed by atoms with Gasteiger partial charge in [0.1, 0.15) is 4.83 Å². The number of hydrogen-bond donors (Lipinski definition) is 0. The van der Waals surface area contributed by atoms with Crippen LogP contribution >= 0.6 is 22.7 Å². The standard InChI is InChI=1S/C34H19N3S2/c1-2-10-20(11-3-1)32-35-33(31-23-14-6-9-17-29(23)39-34(31)36-32)37-26-15-7-4-12-21(26)24-18-25-22-13-5-8-16-28(22)38-30(25)19-27(24)37/h1-19H. The SMILES string of the molecule is c1ccc(-c2nc(-n3c4ccccc4c4cc5c(cc43)sc3ccccc35)c3c(n2)sc2ccccc23)cc1. The lowest BCUT2D eigenvalue weighted by atomic mass is 10.1. The van der Waals surface area contributed by atoms with Crippen molar-refractivity contribution < 1.29 is 0 Å². The molecule has 39 heavy (non-hydrogen) atoms. The molecule has 0 radical (unpaired) electrons. The van der Waals surface area contributed by atoms with Gasteiger partial charge in [0.15, 0.2) is 11.6 Å². The van der Waals surface area contributed by atoms with Crippen LogP contribution in [0.3, 0.4) is 0 Å². The summed E-state index contributed by atoms with van der Waals surface area (Å²) in [5.74, 6) is 1.68. The van der Waals surface area contributed by atoms with E-state index in [1.165, 1.54) is 46.5 Å². The molecule has 3 nitrogen and oxygen atoms in total. The molecule has 0 saturated carbocycles. The van der Waals surface area contributed by atoms with Crippen molar-refractivity contribution in [2.75, 3.05) is 0 Å². The molecule has 0 aliphatic rings. The van der Waals surface area contributed by atoms with Gasteiger partial charge < -0.3 is 0 Å². The van der Waals surface area contributed by atoms with Crippen LogP contribution in [0, 0.1) is 0 Å². The number of aromatic nitrogens is 3. The minimum Gasteiger partial charge on any atom is -0.293 e. The quantitative estimate of drug-likeness (QED) is 0.221. The Kier molecular flexibility index (Phi) is 4.36. The Morgan fingerprint density at radius 3 is 2.03 bits per heavy atom. The van der Waals surface area contributed by atoms with Gasteiger partial charge in [-0.25, -0.2) is 9.97 Å². The second kappa shape index (κ2) is 7.96. The van der Waals surface area contributed by atoms with Crippen LogP contribution in [0.5, 0.6) is 0 Å². The molecule has 5 heteroatoms. The minimum absolute atomic E-state index is 0.749. The van der Waals surface area contributed by atoms with E-state index in [4.69, 9.17) is 9.97 Å². The molecule has 0 aliphatic carbocycles. The van der Waals surface area contributed by atoms with Gasteiger partial charge in [0.25, 0.3) is 0 Å². The zero-order chi connectivity index (χ0) is 25.5. The van der Waals surface area contributed by atoms with Gasteiger partial charge in [0, 0.05) is 46.6 Å². The number of rotatable bonds is 2. The van der Waals surface area contributed by atoms with Crippen LogP contribution in [0.1, 0.15) is 0 Å². The highest BCUT2D eigenvalue weighted by molar-refractivity contribution is 7.26. The van der Waals surface area contributed by atoms with E-state index in [1.54, 1.807) is 11.3 Å². The highest BCUT2D eigenvalue weighted by atomic mass is 32.1. The van der Waals surface area contributed by atoms with Crippen LogP contribution in [0.25, 0.3) is 79.5 Å². The first kappa shape index (κ1) is 21.4. The number of para-hydroxylation sites is 1. The number of fused-ring (bicyclic) bond motifs is 9. The summed E-state index contributed by atoms with van der Waals surface area (Å²) in [5.41, 5.74) is 3.35. The molecular formula is C34H19N3S2. The predicted molar refractivity (Wildman–Crippen MR) is 168 cm³/mol. The molecule has 4 heterocycles. The van der Waals surface area contributed by atoms with Gasteiger partial charge in [-0.1, -0.05) is 84.9 Å². The van der Waals surface area contributed by atoms with E-state index in [0.717, 1.165) is 32.9 Å². The lowest BCUT2D eigenvalue weighted by molar-refractivity contribution is 1.08. The molecule has 9 aromatic rings. The summed E-state index contributed by atoms with van der Waals surface area (Å²) in [6, 6.07) is 41.0. The second-order valence-electron chi connectivity index (χ2n) is 9.83. The molecule has 4 aromatic heterocycles. The fraction of sp³-hybridized carbons (Fsp3) is 0. The van der Waals surface area contributed by atoms with Crippen LogP contribution in [0.4, 0.5) is 0 Å². The van der Waals surface area contributed by atoms with Crippen molar-refractivity contribution >= 4 is 85.0 Å². The Bertz CT molecular complexity index is 2390. The topological polar surface area (TPSA) is 30.7 Å². The smallest absolute Gasteiger partial charge is 0.163 e. The van der Waals surface area contributed by atoms with Gasteiger partial charge in [-0.2, -0.15) is 0 Å². The van der Waals surface area contributed by atoms with Gasteiger partial charge in [0.05, 0.1) is 16.4 Å². The monoisotopic (exact) mass is 533 g/mol. The Morgan fingerprint density at radius 1 is 0.487 bits per heavy atom. The lowest BCUT2D eigenvalue weighted by Gasteiger charge is -2.11. The van der Waals surface area contributed by atoms with Crippen LogP contribution in [0.15, 0.2) is 115 Å². The van der Waals surface area contributed by atoms with Crippen molar-refractivity contribution in [3.05, 3.63) is 115 Å². The highest BCUT2D eigenvalue weighted by Gasteiger charge is 2.21. The van der Waals surface area contributed by atoms with E-state index in [0.29, 0.717) is 0 Å². The zero-order valence-electron chi connectivity index (χ0n) is 20.6. The van der Waals surface area contributed by atoms with Crippen molar-refractivity contribution in [2.24, 2.45) is 0 Å². The molecule has 9 rings (SSSR count). The van der Waals surface area contributed by atoms with E-state index in [2.05, 4.69) is 102 Å². The van der Waals surface area contributed by atoms with E-state index in [1.807, 2.05) is 29.5 Å². The van der Waals surface area contributed by atoms with E-state index >= 15 is 0 Å². The van der Waals surface area contributed by atoms with Crippen molar-refractivity contribution in [2.45, 2.75) is 0 Å². The van der Waals surface area contributed by atoms with Gasteiger partial charge in [-0.3, -0.25) is 4.57 Å². The van der Waals surface area contributed by atoms with Gasteiger partial charge in [-0.15, -0.1) is 22.7 Å². The lowest BCUT2D eigenvalue weighted by Crippen LogP contribution is -2.01. The number of nitrogens with zero attached hydrogens (tertiary/aromatic N) is 3. The van der Waals surface area contributed by atoms with Crippen molar-refractivity contribution in [1.29, 1.82) is 0 Å². The van der Waals surface area contributed by atoms with E-state index in [9.17, 15) is 0 Å². The molecule has 0 bridgehead atoms. The molecule has 182 valence electrons. The summed E-state index contributed by atoms with van der Waals surface area (Å²) < 4.78 is 6.19. The maximum atomic E-state index is 5.32. The Hall–Kier alpha value is -4.58. The van der Waals surface area contributed by atoms with Crippen LogP contribution < -0.4 is 0 Å². The first-order chi connectivity index (χ1) is 19.3. The summed E-state index contributed by atoms with van der Waals surface area (Å²) in [5, 5.41) is 7.41. The van der Waals surface area contributed by atoms with E-state index in [-0.39, 0.29) is 0 Å². The summed E-state index contributed by atoms with van der Waals surface area (Å²) in [6.45, 7) is 0. The highest BCUT2D eigenvalue weighted by Crippen LogP contribution is 2.43. The van der Waals surface area contributed by atoms with Gasteiger partial charge in [-0.05, 0) is 30.3 Å². The van der Waals surface area contributed by atoms with Crippen LogP contribution in [-0.4, -0.2) is 14.5 Å². The van der Waals surface area contributed by atoms with Crippen LogP contribution in [0.2, 0.25) is 0 Å². The van der Waals surface area contributed by atoms with E-state index < -0.39 is 0 Å². The van der Waals surface area contributed by atoms with Crippen molar-refractivity contribution in [3.8, 4) is 17.2 Å². The Balaban J connectivity index is 1.48. The second-order valence-corrected chi connectivity index (χ2v) is 11.9. The van der Waals surface area contributed by atoms with Gasteiger partial charge >= 0.3 is 0 Å². The molecule has 0 unspecified atom stereocenters. The summed E-state index contributed by atoms with van der Waals surface area (Å²) >= 11 is 3.59. The predicted octanol–water partition coefficient (Wildman–Crippen LogP) is 9.98. The minimum atomic E-state index is 0.749. The fourth-order valence-electron chi connectivity index (χ4n) is 5.90. The number of thiophene rings is 2. The third kappa shape index (κ3) is 3.03. The third-order valence-corrected chi connectivity index (χ3v) is 9.83. The third-order valence-electron chi connectivity index (χ3n) is 7.63. The average Bonchev–Trinajstić information content (AvgIpc) is 3.65. The molecule has 0 fully saturated rings. The van der Waals surface area contributed by atoms with Crippen molar-refractivity contribution in [1.82, 2.24) is 14.5 Å². The molecule has 0 spiro atoms.